The van der Waals surface area contributed by atoms with Crippen LogP contribution in [0.5, 0.6) is 0 Å². The molecule has 4 rings (SSSR count). The van der Waals surface area contributed by atoms with E-state index in [0.717, 1.165) is 31.5 Å². The van der Waals surface area contributed by atoms with Gasteiger partial charge in [0, 0.05) is 21.0 Å². The Morgan fingerprint density at radius 2 is 1.73 bits per heavy atom. The van der Waals surface area contributed by atoms with Crippen LogP contribution < -0.4 is 10.9 Å². The molecule has 26 heavy (non-hydrogen) atoms. The van der Waals surface area contributed by atoms with Crippen molar-refractivity contribution >= 4 is 49.1 Å². The molecule has 128 valence electrons. The zero-order valence-electron chi connectivity index (χ0n) is 13.6. The summed E-state index contributed by atoms with van der Waals surface area (Å²) in [5.74, 6) is 5.77. The van der Waals surface area contributed by atoms with E-state index in [-0.39, 0.29) is 5.91 Å². The van der Waals surface area contributed by atoms with Gasteiger partial charge in [0.1, 0.15) is 0 Å². The summed E-state index contributed by atoms with van der Waals surface area (Å²) >= 11 is 4.76. The number of anilines is 1. The second kappa shape index (κ2) is 6.99. The fraction of sp³-hybridized carbons (Fsp3) is 0. The summed E-state index contributed by atoms with van der Waals surface area (Å²) in [6.45, 7) is 0. The van der Waals surface area contributed by atoms with E-state index in [2.05, 4.69) is 20.9 Å². The van der Waals surface area contributed by atoms with Gasteiger partial charge in [-0.15, -0.1) is 11.3 Å². The Morgan fingerprint density at radius 3 is 2.50 bits per heavy atom. The Bertz CT molecular complexity index is 1090. The highest BCUT2D eigenvalue weighted by molar-refractivity contribution is 9.10. The zero-order chi connectivity index (χ0) is 18.1. The van der Waals surface area contributed by atoms with Crippen molar-refractivity contribution in [2.45, 2.75) is 0 Å². The van der Waals surface area contributed by atoms with Gasteiger partial charge in [-0.05, 0) is 35.0 Å². The Labute approximate surface area is 163 Å². The number of amides is 1. The molecule has 0 fully saturated rings. The van der Waals surface area contributed by atoms with Crippen LogP contribution in [-0.2, 0) is 0 Å². The van der Waals surface area contributed by atoms with Crippen LogP contribution in [-0.4, -0.2) is 10.9 Å². The van der Waals surface area contributed by atoms with Crippen molar-refractivity contribution in [3.05, 3.63) is 82.1 Å². The molecule has 0 bridgehead atoms. The van der Waals surface area contributed by atoms with E-state index < -0.39 is 0 Å². The lowest BCUT2D eigenvalue weighted by atomic mass is 10.1. The lowest BCUT2D eigenvalue weighted by molar-refractivity contribution is 0.0987. The first-order valence-corrected chi connectivity index (χ1v) is 9.58. The number of hydrogen-bond acceptors (Lipinski definition) is 4. The van der Waals surface area contributed by atoms with E-state index in [1.165, 1.54) is 11.3 Å². The molecule has 0 radical (unpaired) electrons. The van der Waals surface area contributed by atoms with Crippen molar-refractivity contribution in [3.8, 4) is 11.3 Å². The van der Waals surface area contributed by atoms with E-state index >= 15 is 0 Å². The summed E-state index contributed by atoms with van der Waals surface area (Å²) in [5, 5.41) is 5.55. The first kappa shape index (κ1) is 16.9. The summed E-state index contributed by atoms with van der Waals surface area (Å²) in [4.78, 5) is 17.2. The van der Waals surface area contributed by atoms with E-state index in [1.807, 2.05) is 66.0 Å². The third kappa shape index (κ3) is 3.26. The zero-order valence-corrected chi connectivity index (χ0v) is 16.0. The summed E-state index contributed by atoms with van der Waals surface area (Å²) in [7, 11) is 0. The molecule has 1 aromatic heterocycles. The van der Waals surface area contributed by atoms with Gasteiger partial charge in [-0.2, -0.15) is 0 Å². The molecule has 0 atom stereocenters. The molecular weight excluding hydrogens is 410 g/mol. The van der Waals surface area contributed by atoms with Gasteiger partial charge in [0.05, 0.1) is 5.69 Å². The van der Waals surface area contributed by atoms with Gasteiger partial charge < -0.3 is 0 Å². The first-order valence-electron chi connectivity index (χ1n) is 7.91. The largest absolute Gasteiger partial charge is 0.274 e. The average Bonchev–Trinajstić information content (AvgIpc) is 3.17. The third-order valence-electron chi connectivity index (χ3n) is 4.05. The molecular formula is C20H14BrN3OS. The molecule has 4 aromatic rings. The standard InChI is InChI=1S/C20H14BrN3OS/c21-17-9-7-14(8-10-17)18-12-26-20(23-18)24(22)19(25)16-6-5-13-3-1-2-4-15(13)11-16/h1-12H,22H2. The number of aromatic nitrogens is 1. The number of nitrogens with two attached hydrogens (primary N) is 1. The quantitative estimate of drug-likeness (QED) is 0.278. The molecule has 3 aromatic carbocycles. The van der Waals surface area contributed by atoms with Crippen LogP contribution in [0.25, 0.3) is 22.0 Å². The number of carbonyl (C=O) groups excluding carboxylic acids is 1. The number of halogens is 1. The van der Waals surface area contributed by atoms with Gasteiger partial charge in [-0.3, -0.25) is 4.79 Å². The van der Waals surface area contributed by atoms with E-state index in [0.29, 0.717) is 10.7 Å². The van der Waals surface area contributed by atoms with E-state index in [9.17, 15) is 4.79 Å². The van der Waals surface area contributed by atoms with Crippen LogP contribution in [0.1, 0.15) is 10.4 Å². The number of carbonyl (C=O) groups is 1. The molecule has 6 heteroatoms. The first-order chi connectivity index (χ1) is 12.6. The smallest absolute Gasteiger partial charge is 0.267 e. The average molecular weight is 424 g/mol. The van der Waals surface area contributed by atoms with Gasteiger partial charge in [0.2, 0.25) is 5.13 Å². The van der Waals surface area contributed by atoms with E-state index in [4.69, 9.17) is 5.84 Å². The Kier molecular flexibility index (Phi) is 4.55. The van der Waals surface area contributed by atoms with Crippen LogP contribution in [0.2, 0.25) is 0 Å². The fourth-order valence-corrected chi connectivity index (χ4v) is 3.69. The molecule has 0 saturated heterocycles. The van der Waals surface area contributed by atoms with Gasteiger partial charge in [0.25, 0.3) is 5.91 Å². The minimum atomic E-state index is -0.285. The summed E-state index contributed by atoms with van der Waals surface area (Å²) in [6.07, 6.45) is 0. The highest BCUT2D eigenvalue weighted by Crippen LogP contribution is 2.28. The van der Waals surface area contributed by atoms with Crippen molar-refractivity contribution < 1.29 is 4.79 Å². The van der Waals surface area contributed by atoms with Crippen molar-refractivity contribution in [3.63, 3.8) is 0 Å². The van der Waals surface area contributed by atoms with Crippen LogP contribution in [0.15, 0.2) is 76.6 Å². The predicted molar refractivity (Wildman–Crippen MR) is 110 cm³/mol. The monoisotopic (exact) mass is 423 g/mol. The van der Waals surface area contributed by atoms with Crippen LogP contribution >= 0.6 is 27.3 Å². The number of hydrogen-bond donors (Lipinski definition) is 1. The van der Waals surface area contributed by atoms with Gasteiger partial charge >= 0.3 is 0 Å². The van der Waals surface area contributed by atoms with Gasteiger partial charge in [0.15, 0.2) is 0 Å². The molecule has 1 heterocycles. The normalized spacial score (nSPS) is 10.8. The van der Waals surface area contributed by atoms with Crippen LogP contribution in [0.3, 0.4) is 0 Å². The van der Waals surface area contributed by atoms with Gasteiger partial charge in [-0.25, -0.2) is 15.8 Å². The maximum Gasteiger partial charge on any atom is 0.274 e. The molecule has 4 nitrogen and oxygen atoms in total. The van der Waals surface area contributed by atoms with E-state index in [1.54, 1.807) is 6.07 Å². The van der Waals surface area contributed by atoms with Crippen LogP contribution in [0.4, 0.5) is 5.13 Å². The molecule has 0 unspecified atom stereocenters. The Hall–Kier alpha value is -2.54. The third-order valence-corrected chi connectivity index (χ3v) is 5.42. The molecule has 0 aliphatic heterocycles. The highest BCUT2D eigenvalue weighted by atomic mass is 79.9. The Balaban J connectivity index is 1.61. The maximum absolute atomic E-state index is 12.7. The summed E-state index contributed by atoms with van der Waals surface area (Å²) < 4.78 is 1.00. The van der Waals surface area contributed by atoms with Crippen molar-refractivity contribution in [2.75, 3.05) is 5.01 Å². The fourth-order valence-electron chi connectivity index (χ4n) is 2.68. The Morgan fingerprint density at radius 1 is 1.00 bits per heavy atom. The van der Waals surface area contributed by atoms with Crippen molar-refractivity contribution in [2.24, 2.45) is 5.84 Å². The number of thiazole rings is 1. The summed E-state index contributed by atoms with van der Waals surface area (Å²) in [5.41, 5.74) is 2.30. The number of hydrazine groups is 1. The number of nitrogens with zero attached hydrogens (tertiary/aromatic N) is 2. The predicted octanol–water partition coefficient (Wildman–Crippen LogP) is 5.25. The molecule has 0 saturated carbocycles. The van der Waals surface area contributed by atoms with Crippen molar-refractivity contribution in [1.82, 2.24) is 4.98 Å². The molecule has 1 amide bonds. The summed E-state index contributed by atoms with van der Waals surface area (Å²) in [6, 6.07) is 21.3. The molecule has 0 spiro atoms. The minimum Gasteiger partial charge on any atom is -0.267 e. The van der Waals surface area contributed by atoms with Crippen LogP contribution in [0, 0.1) is 0 Å². The molecule has 2 N–H and O–H groups in total. The SMILES string of the molecule is NN(C(=O)c1ccc2ccccc2c1)c1nc(-c2ccc(Br)cc2)cs1. The van der Waals surface area contributed by atoms with Crippen molar-refractivity contribution in [1.29, 1.82) is 0 Å². The number of rotatable bonds is 3. The lowest BCUT2D eigenvalue weighted by Crippen LogP contribution is -2.37. The number of fused-ring (bicyclic) bond motifs is 1. The van der Waals surface area contributed by atoms with Gasteiger partial charge in [-0.1, -0.05) is 58.4 Å². The minimum absolute atomic E-state index is 0.285. The lowest BCUT2D eigenvalue weighted by Gasteiger charge is -2.13. The highest BCUT2D eigenvalue weighted by Gasteiger charge is 2.18. The second-order valence-electron chi connectivity index (χ2n) is 5.76. The maximum atomic E-state index is 12.7. The topological polar surface area (TPSA) is 59.2 Å². The second-order valence-corrected chi connectivity index (χ2v) is 7.51. The number of benzene rings is 3. The molecule has 0 aliphatic rings. The molecule has 0 aliphatic carbocycles.